The van der Waals surface area contributed by atoms with E-state index in [4.69, 9.17) is 5.26 Å². The van der Waals surface area contributed by atoms with Crippen molar-refractivity contribution in [2.24, 2.45) is 0 Å². The van der Waals surface area contributed by atoms with Crippen molar-refractivity contribution in [3.63, 3.8) is 0 Å². The van der Waals surface area contributed by atoms with Crippen molar-refractivity contribution < 1.29 is 0 Å². The predicted octanol–water partition coefficient (Wildman–Crippen LogP) is 3.95. The van der Waals surface area contributed by atoms with E-state index in [1.807, 2.05) is 42.5 Å². The van der Waals surface area contributed by atoms with E-state index in [1.165, 1.54) is 5.56 Å². The van der Waals surface area contributed by atoms with Crippen molar-refractivity contribution in [3.05, 3.63) is 72.3 Å². The molecule has 1 heteroatoms. The Labute approximate surface area is 102 Å². The average molecular weight is 219 g/mol. The van der Waals surface area contributed by atoms with Gasteiger partial charge < -0.3 is 0 Å². The lowest BCUT2D eigenvalue weighted by molar-refractivity contribution is 1.28. The first-order valence-electron chi connectivity index (χ1n) is 5.55. The standard InChI is InChI=1S/C16H13N/c1-2-7-13-8-3-5-10-15(13)16-11-6-4-9-14(16)12-17/h2-6,8-11H,1,7H2. The summed E-state index contributed by atoms with van der Waals surface area (Å²) in [6.07, 6.45) is 2.70. The lowest BCUT2D eigenvalue weighted by atomic mass is 9.94. The summed E-state index contributed by atoms with van der Waals surface area (Å²) >= 11 is 0. The molecule has 17 heavy (non-hydrogen) atoms. The highest BCUT2D eigenvalue weighted by atomic mass is 14.2. The molecule has 0 radical (unpaired) electrons. The Morgan fingerprint density at radius 3 is 2.35 bits per heavy atom. The molecule has 82 valence electrons. The van der Waals surface area contributed by atoms with Crippen molar-refractivity contribution >= 4 is 0 Å². The molecule has 0 saturated heterocycles. The summed E-state index contributed by atoms with van der Waals surface area (Å²) in [5.74, 6) is 0. The number of rotatable bonds is 3. The van der Waals surface area contributed by atoms with Gasteiger partial charge >= 0.3 is 0 Å². The third kappa shape index (κ3) is 2.26. The predicted molar refractivity (Wildman–Crippen MR) is 70.5 cm³/mol. The minimum absolute atomic E-state index is 0.712. The highest BCUT2D eigenvalue weighted by Gasteiger charge is 2.07. The van der Waals surface area contributed by atoms with E-state index in [9.17, 15) is 0 Å². The summed E-state index contributed by atoms with van der Waals surface area (Å²) in [6, 6.07) is 18.1. The van der Waals surface area contributed by atoms with Crippen molar-refractivity contribution in [3.8, 4) is 17.2 Å². The molecule has 0 amide bonds. The van der Waals surface area contributed by atoms with E-state index in [0.29, 0.717) is 5.56 Å². The van der Waals surface area contributed by atoms with Gasteiger partial charge in [0.25, 0.3) is 0 Å². The molecule has 0 atom stereocenters. The van der Waals surface area contributed by atoms with Crippen molar-refractivity contribution in [1.29, 1.82) is 5.26 Å². The van der Waals surface area contributed by atoms with Gasteiger partial charge in [-0.1, -0.05) is 48.5 Å². The van der Waals surface area contributed by atoms with E-state index >= 15 is 0 Å². The monoisotopic (exact) mass is 219 g/mol. The molecule has 0 aromatic heterocycles. The van der Waals surface area contributed by atoms with E-state index in [2.05, 4.69) is 24.8 Å². The molecule has 0 aliphatic carbocycles. The quantitative estimate of drug-likeness (QED) is 0.717. The fraction of sp³-hybridized carbons (Fsp3) is 0.0625. The van der Waals surface area contributed by atoms with Crippen LogP contribution in [0.1, 0.15) is 11.1 Å². The minimum Gasteiger partial charge on any atom is -0.192 e. The van der Waals surface area contributed by atoms with Crippen molar-refractivity contribution in [2.75, 3.05) is 0 Å². The van der Waals surface area contributed by atoms with Gasteiger partial charge in [0.2, 0.25) is 0 Å². The first-order chi connectivity index (χ1) is 8.36. The highest BCUT2D eigenvalue weighted by molar-refractivity contribution is 5.73. The fourth-order valence-electron chi connectivity index (χ4n) is 1.93. The van der Waals surface area contributed by atoms with Crippen LogP contribution in [0.25, 0.3) is 11.1 Å². The maximum Gasteiger partial charge on any atom is 0.0998 e. The smallest absolute Gasteiger partial charge is 0.0998 e. The zero-order chi connectivity index (χ0) is 12.1. The summed E-state index contributed by atoms with van der Waals surface area (Å²) in [7, 11) is 0. The van der Waals surface area contributed by atoms with E-state index in [-0.39, 0.29) is 0 Å². The maximum absolute atomic E-state index is 9.13. The maximum atomic E-state index is 9.13. The molecule has 0 unspecified atom stereocenters. The van der Waals surface area contributed by atoms with E-state index in [0.717, 1.165) is 17.5 Å². The van der Waals surface area contributed by atoms with Crippen LogP contribution >= 0.6 is 0 Å². The summed E-state index contributed by atoms with van der Waals surface area (Å²) in [6.45, 7) is 3.77. The van der Waals surface area contributed by atoms with Gasteiger partial charge in [0.1, 0.15) is 0 Å². The first-order valence-corrected chi connectivity index (χ1v) is 5.55. The van der Waals surface area contributed by atoms with Gasteiger partial charge in [-0.2, -0.15) is 5.26 Å². The van der Waals surface area contributed by atoms with Crippen LogP contribution in [0.15, 0.2) is 61.2 Å². The van der Waals surface area contributed by atoms with Crippen LogP contribution in [0.4, 0.5) is 0 Å². The van der Waals surface area contributed by atoms with E-state index in [1.54, 1.807) is 0 Å². The Morgan fingerprint density at radius 1 is 1.00 bits per heavy atom. The number of nitriles is 1. The Morgan fingerprint density at radius 2 is 1.65 bits per heavy atom. The van der Waals surface area contributed by atoms with Crippen LogP contribution in [0, 0.1) is 11.3 Å². The van der Waals surface area contributed by atoms with Crippen molar-refractivity contribution in [2.45, 2.75) is 6.42 Å². The Hall–Kier alpha value is -2.33. The molecule has 0 heterocycles. The van der Waals surface area contributed by atoms with Crippen LogP contribution in [0.2, 0.25) is 0 Å². The molecule has 2 aromatic carbocycles. The molecule has 0 saturated carbocycles. The second-order valence-corrected chi connectivity index (χ2v) is 3.81. The Kier molecular flexibility index (Phi) is 3.37. The number of nitrogens with zero attached hydrogens (tertiary/aromatic N) is 1. The van der Waals surface area contributed by atoms with Crippen LogP contribution in [0.3, 0.4) is 0 Å². The molecule has 0 bridgehead atoms. The molecular formula is C16H13N. The van der Waals surface area contributed by atoms with Crippen LogP contribution in [0.5, 0.6) is 0 Å². The van der Waals surface area contributed by atoms with Gasteiger partial charge in [0.05, 0.1) is 11.6 Å². The Bertz CT molecular complexity index is 576. The summed E-state index contributed by atoms with van der Waals surface area (Å²) in [4.78, 5) is 0. The first kappa shape index (κ1) is 11.2. The molecule has 2 aromatic rings. The minimum atomic E-state index is 0.712. The lowest BCUT2D eigenvalue weighted by Crippen LogP contribution is -1.90. The number of benzene rings is 2. The van der Waals surface area contributed by atoms with Gasteiger partial charge in [0, 0.05) is 0 Å². The molecule has 0 aliphatic heterocycles. The summed E-state index contributed by atoms with van der Waals surface area (Å²) in [5, 5.41) is 9.13. The SMILES string of the molecule is C=CCc1ccccc1-c1ccccc1C#N. The summed E-state index contributed by atoms with van der Waals surface area (Å²) < 4.78 is 0. The van der Waals surface area contributed by atoms with Gasteiger partial charge in [-0.3, -0.25) is 0 Å². The molecule has 1 nitrogen and oxygen atoms in total. The molecule has 0 N–H and O–H groups in total. The average Bonchev–Trinajstić information content (AvgIpc) is 2.40. The van der Waals surface area contributed by atoms with Crippen LogP contribution in [-0.4, -0.2) is 0 Å². The van der Waals surface area contributed by atoms with Gasteiger partial charge in [-0.05, 0) is 29.2 Å². The van der Waals surface area contributed by atoms with Gasteiger partial charge in [0.15, 0.2) is 0 Å². The zero-order valence-electron chi connectivity index (χ0n) is 9.56. The fourth-order valence-corrected chi connectivity index (χ4v) is 1.93. The molecular weight excluding hydrogens is 206 g/mol. The largest absolute Gasteiger partial charge is 0.192 e. The number of hydrogen-bond acceptors (Lipinski definition) is 1. The van der Waals surface area contributed by atoms with Gasteiger partial charge in [-0.15, -0.1) is 6.58 Å². The molecule has 0 spiro atoms. The topological polar surface area (TPSA) is 23.8 Å². The molecule has 0 fully saturated rings. The molecule has 0 aliphatic rings. The van der Waals surface area contributed by atoms with Gasteiger partial charge in [-0.25, -0.2) is 0 Å². The normalized spacial score (nSPS) is 9.59. The second kappa shape index (κ2) is 5.14. The molecule has 2 rings (SSSR count). The van der Waals surface area contributed by atoms with Crippen LogP contribution in [-0.2, 0) is 6.42 Å². The second-order valence-electron chi connectivity index (χ2n) is 3.81. The van der Waals surface area contributed by atoms with Crippen molar-refractivity contribution in [1.82, 2.24) is 0 Å². The van der Waals surface area contributed by atoms with E-state index < -0.39 is 0 Å². The number of allylic oxidation sites excluding steroid dienone is 1. The Balaban J connectivity index is 2.60. The third-order valence-corrected chi connectivity index (χ3v) is 2.72. The lowest BCUT2D eigenvalue weighted by Gasteiger charge is -2.09. The van der Waals surface area contributed by atoms with Crippen LogP contribution < -0.4 is 0 Å². The zero-order valence-corrected chi connectivity index (χ0v) is 9.56. The highest BCUT2D eigenvalue weighted by Crippen LogP contribution is 2.27. The summed E-state index contributed by atoms with van der Waals surface area (Å²) in [5.41, 5.74) is 4.02. The number of hydrogen-bond donors (Lipinski definition) is 0. The third-order valence-electron chi connectivity index (χ3n) is 2.72.